The van der Waals surface area contributed by atoms with E-state index < -0.39 is 16.1 Å². The second kappa shape index (κ2) is 8.87. The van der Waals surface area contributed by atoms with E-state index in [4.69, 9.17) is 4.74 Å². The lowest BCUT2D eigenvalue weighted by Gasteiger charge is -2.10. The summed E-state index contributed by atoms with van der Waals surface area (Å²) in [4.78, 5) is 1.81. The third-order valence-electron chi connectivity index (χ3n) is 4.26. The highest BCUT2D eigenvalue weighted by Gasteiger charge is 2.17. The van der Waals surface area contributed by atoms with Crippen LogP contribution < -0.4 is 9.46 Å². The Morgan fingerprint density at radius 1 is 1.11 bits per heavy atom. The van der Waals surface area contributed by atoms with Gasteiger partial charge in [-0.1, -0.05) is 30.3 Å². The molecule has 0 aliphatic carbocycles. The number of aliphatic hydroxyl groups is 1. The van der Waals surface area contributed by atoms with E-state index in [0.717, 1.165) is 20.9 Å². The molecular formula is C21H23NO4S2. The highest BCUT2D eigenvalue weighted by molar-refractivity contribution is 7.89. The van der Waals surface area contributed by atoms with Crippen molar-refractivity contribution in [3.05, 3.63) is 81.5 Å². The number of nitrogens with one attached hydrogen (secondary N) is 1. The molecule has 1 atom stereocenters. The lowest BCUT2D eigenvalue weighted by Crippen LogP contribution is -2.22. The monoisotopic (exact) mass is 417 g/mol. The minimum Gasteiger partial charge on any atom is -0.494 e. The van der Waals surface area contributed by atoms with Gasteiger partial charge in [-0.15, -0.1) is 11.3 Å². The Balaban J connectivity index is 1.68. The van der Waals surface area contributed by atoms with E-state index in [0.29, 0.717) is 12.4 Å². The zero-order valence-corrected chi connectivity index (χ0v) is 17.4. The van der Waals surface area contributed by atoms with Crippen LogP contribution in [0.3, 0.4) is 0 Å². The molecule has 0 fully saturated rings. The number of aryl methyl sites for hydroxylation is 1. The van der Waals surface area contributed by atoms with Crippen LogP contribution in [0.15, 0.2) is 65.6 Å². The maximum absolute atomic E-state index is 12.6. The maximum atomic E-state index is 12.6. The van der Waals surface area contributed by atoms with Crippen LogP contribution in [0.1, 0.15) is 33.9 Å². The predicted octanol–water partition coefficient (Wildman–Crippen LogP) is 4.02. The van der Waals surface area contributed by atoms with Gasteiger partial charge in [-0.05, 0) is 55.3 Å². The number of benzene rings is 2. The van der Waals surface area contributed by atoms with Gasteiger partial charge in [0.2, 0.25) is 10.0 Å². The molecule has 0 amide bonds. The highest BCUT2D eigenvalue weighted by Crippen LogP contribution is 2.29. The fourth-order valence-corrected chi connectivity index (χ4v) is 4.94. The Kier molecular flexibility index (Phi) is 6.51. The average Bonchev–Trinajstić information content (AvgIpc) is 3.17. The molecule has 148 valence electrons. The van der Waals surface area contributed by atoms with E-state index >= 15 is 0 Å². The molecule has 1 aromatic heterocycles. The standard InChI is InChI=1S/C21H23NO4S2/c1-3-26-19-11-10-18(13-15(19)2)28(24,25)22-14-17-9-12-20(27-17)21(23)16-7-5-4-6-8-16/h4-13,21-23H,3,14H2,1-2H3. The van der Waals surface area contributed by atoms with Crippen LogP contribution in [-0.2, 0) is 16.6 Å². The Morgan fingerprint density at radius 2 is 1.86 bits per heavy atom. The minimum atomic E-state index is -3.64. The number of aliphatic hydroxyl groups excluding tert-OH is 1. The second-order valence-corrected chi connectivity index (χ2v) is 9.27. The Hall–Kier alpha value is -2.19. The van der Waals surface area contributed by atoms with Crippen molar-refractivity contribution < 1.29 is 18.3 Å². The Bertz CT molecular complexity index is 1030. The lowest BCUT2D eigenvalue weighted by atomic mass is 10.1. The molecule has 5 nitrogen and oxygen atoms in total. The first-order valence-electron chi connectivity index (χ1n) is 8.95. The molecule has 0 saturated heterocycles. The fraction of sp³-hybridized carbons (Fsp3) is 0.238. The van der Waals surface area contributed by atoms with Crippen molar-refractivity contribution in [3.63, 3.8) is 0 Å². The molecular weight excluding hydrogens is 394 g/mol. The van der Waals surface area contributed by atoms with Gasteiger partial charge < -0.3 is 9.84 Å². The van der Waals surface area contributed by atoms with Crippen LogP contribution in [0.25, 0.3) is 0 Å². The van der Waals surface area contributed by atoms with Crippen molar-refractivity contribution in [1.29, 1.82) is 0 Å². The first-order valence-corrected chi connectivity index (χ1v) is 11.3. The van der Waals surface area contributed by atoms with E-state index in [1.807, 2.05) is 56.3 Å². The van der Waals surface area contributed by atoms with E-state index in [1.54, 1.807) is 18.2 Å². The summed E-state index contributed by atoms with van der Waals surface area (Å²) in [5.74, 6) is 0.680. The van der Waals surface area contributed by atoms with Crippen molar-refractivity contribution in [1.82, 2.24) is 4.72 Å². The highest BCUT2D eigenvalue weighted by atomic mass is 32.2. The molecule has 2 aromatic carbocycles. The first-order chi connectivity index (χ1) is 13.4. The van der Waals surface area contributed by atoms with Gasteiger partial charge in [0.1, 0.15) is 11.9 Å². The summed E-state index contributed by atoms with van der Waals surface area (Å²) in [5.41, 5.74) is 1.58. The molecule has 3 rings (SSSR count). The van der Waals surface area contributed by atoms with Gasteiger partial charge in [0, 0.05) is 16.3 Å². The second-order valence-electron chi connectivity index (χ2n) is 6.30. The Morgan fingerprint density at radius 3 is 2.54 bits per heavy atom. The summed E-state index contributed by atoms with van der Waals surface area (Å²) in [6.45, 7) is 4.40. The SMILES string of the molecule is CCOc1ccc(S(=O)(=O)NCc2ccc(C(O)c3ccccc3)s2)cc1C. The van der Waals surface area contributed by atoms with Crippen LogP contribution in [-0.4, -0.2) is 20.1 Å². The van der Waals surface area contributed by atoms with Crippen molar-refractivity contribution in [2.75, 3.05) is 6.61 Å². The number of rotatable bonds is 8. The molecule has 1 unspecified atom stereocenters. The number of sulfonamides is 1. The predicted molar refractivity (Wildman–Crippen MR) is 111 cm³/mol. The Labute approximate surface area is 169 Å². The van der Waals surface area contributed by atoms with Gasteiger partial charge in [-0.25, -0.2) is 13.1 Å². The summed E-state index contributed by atoms with van der Waals surface area (Å²) < 4.78 is 33.3. The number of ether oxygens (including phenoxy) is 1. The van der Waals surface area contributed by atoms with Crippen LogP contribution in [0.2, 0.25) is 0 Å². The molecule has 0 radical (unpaired) electrons. The van der Waals surface area contributed by atoms with Gasteiger partial charge in [0.05, 0.1) is 11.5 Å². The summed E-state index contributed by atoms with van der Waals surface area (Å²) in [6.07, 6.45) is -0.717. The third kappa shape index (κ3) is 4.80. The molecule has 0 saturated carbocycles. The number of thiophene rings is 1. The molecule has 28 heavy (non-hydrogen) atoms. The van der Waals surface area contributed by atoms with Crippen molar-refractivity contribution in [2.45, 2.75) is 31.4 Å². The van der Waals surface area contributed by atoms with Gasteiger partial charge in [-0.3, -0.25) is 0 Å². The van der Waals surface area contributed by atoms with Crippen LogP contribution >= 0.6 is 11.3 Å². The third-order valence-corrected chi connectivity index (χ3v) is 6.80. The van der Waals surface area contributed by atoms with E-state index in [-0.39, 0.29) is 11.4 Å². The van der Waals surface area contributed by atoms with Gasteiger partial charge in [-0.2, -0.15) is 0 Å². The zero-order chi connectivity index (χ0) is 20.1. The van der Waals surface area contributed by atoms with Crippen molar-refractivity contribution in [3.8, 4) is 5.75 Å². The largest absolute Gasteiger partial charge is 0.494 e. The molecule has 7 heteroatoms. The van der Waals surface area contributed by atoms with Crippen molar-refractivity contribution >= 4 is 21.4 Å². The molecule has 0 aliphatic rings. The smallest absolute Gasteiger partial charge is 0.240 e. The summed E-state index contributed by atoms with van der Waals surface area (Å²) in [6, 6.07) is 17.8. The van der Waals surface area contributed by atoms with E-state index in [2.05, 4.69) is 4.72 Å². The zero-order valence-electron chi connectivity index (χ0n) is 15.8. The molecule has 0 spiro atoms. The summed E-state index contributed by atoms with van der Waals surface area (Å²) >= 11 is 1.39. The van der Waals surface area contributed by atoms with Gasteiger partial charge in [0.25, 0.3) is 0 Å². The number of hydrogen-bond donors (Lipinski definition) is 2. The molecule has 0 aliphatic heterocycles. The van der Waals surface area contributed by atoms with Crippen LogP contribution in [0.4, 0.5) is 0 Å². The quantitative estimate of drug-likeness (QED) is 0.581. The number of hydrogen-bond acceptors (Lipinski definition) is 5. The van der Waals surface area contributed by atoms with E-state index in [9.17, 15) is 13.5 Å². The maximum Gasteiger partial charge on any atom is 0.240 e. The van der Waals surface area contributed by atoms with Gasteiger partial charge in [0.15, 0.2) is 0 Å². The summed E-state index contributed by atoms with van der Waals surface area (Å²) in [7, 11) is -3.64. The van der Waals surface area contributed by atoms with Crippen molar-refractivity contribution in [2.24, 2.45) is 0 Å². The molecule has 2 N–H and O–H groups in total. The molecule has 1 heterocycles. The van der Waals surface area contributed by atoms with Gasteiger partial charge >= 0.3 is 0 Å². The lowest BCUT2D eigenvalue weighted by molar-refractivity contribution is 0.224. The molecule has 3 aromatic rings. The van der Waals surface area contributed by atoms with E-state index in [1.165, 1.54) is 11.3 Å². The normalized spacial score (nSPS) is 12.7. The van der Waals surface area contributed by atoms with Crippen LogP contribution in [0.5, 0.6) is 5.75 Å². The minimum absolute atomic E-state index is 0.167. The fourth-order valence-electron chi connectivity index (χ4n) is 2.79. The molecule has 0 bridgehead atoms. The average molecular weight is 418 g/mol. The van der Waals surface area contributed by atoms with Crippen LogP contribution in [0, 0.1) is 6.92 Å². The first kappa shape index (κ1) is 20.5. The topological polar surface area (TPSA) is 75.6 Å². The summed E-state index contributed by atoms with van der Waals surface area (Å²) in [5, 5.41) is 10.5.